The minimum absolute atomic E-state index is 0.0547. The molecule has 0 spiro atoms. The first kappa shape index (κ1) is 16.7. The van der Waals surface area contributed by atoms with E-state index in [4.69, 9.17) is 5.26 Å². The van der Waals surface area contributed by atoms with Gasteiger partial charge in [0.1, 0.15) is 0 Å². The Labute approximate surface area is 148 Å². The minimum Gasteiger partial charge on any atom is -0.326 e. The molecule has 0 aliphatic heterocycles. The van der Waals surface area contributed by atoms with E-state index < -0.39 is 5.91 Å². The number of rotatable bonds is 5. The molecule has 0 aliphatic carbocycles. The van der Waals surface area contributed by atoms with Crippen molar-refractivity contribution in [2.75, 3.05) is 5.32 Å². The Morgan fingerprint density at radius 1 is 1.08 bits per heavy atom. The number of amides is 2. The van der Waals surface area contributed by atoms with Crippen LogP contribution >= 0.6 is 11.3 Å². The topological polar surface area (TPSA) is 82.0 Å². The van der Waals surface area contributed by atoms with E-state index in [0.717, 1.165) is 15.6 Å². The highest BCUT2D eigenvalue weighted by Crippen LogP contribution is 2.28. The Bertz CT molecular complexity index is 958. The number of aryl methyl sites for hydroxylation is 1. The lowest BCUT2D eigenvalue weighted by molar-refractivity contribution is -0.116. The average molecular weight is 349 g/mol. The van der Waals surface area contributed by atoms with Gasteiger partial charge in [0.15, 0.2) is 6.19 Å². The molecule has 124 valence electrons. The predicted octanol–water partition coefficient (Wildman–Crippen LogP) is 3.68. The number of nitrogens with zero attached hydrogens (tertiary/aromatic N) is 1. The van der Waals surface area contributed by atoms with Crippen LogP contribution in [0, 0.1) is 11.5 Å². The van der Waals surface area contributed by atoms with Crippen molar-refractivity contribution in [1.82, 2.24) is 5.32 Å². The normalized spacial score (nSPS) is 10.2. The van der Waals surface area contributed by atoms with E-state index in [0.29, 0.717) is 23.4 Å². The van der Waals surface area contributed by atoms with Crippen LogP contribution in [0.4, 0.5) is 5.69 Å². The summed E-state index contributed by atoms with van der Waals surface area (Å²) in [5, 5.41) is 14.4. The molecule has 2 aromatic carbocycles. The fraction of sp³-hybridized carbons (Fsp3) is 0.105. The number of nitrogens with one attached hydrogen (secondary N) is 2. The van der Waals surface area contributed by atoms with Crippen LogP contribution in [0.25, 0.3) is 10.1 Å². The van der Waals surface area contributed by atoms with Crippen molar-refractivity contribution in [3.05, 3.63) is 65.0 Å². The number of fused-ring (bicyclic) bond motifs is 1. The summed E-state index contributed by atoms with van der Waals surface area (Å²) in [6.45, 7) is 0. The number of hydrogen-bond acceptors (Lipinski definition) is 4. The highest BCUT2D eigenvalue weighted by molar-refractivity contribution is 7.20. The summed E-state index contributed by atoms with van der Waals surface area (Å²) in [4.78, 5) is 24.3. The van der Waals surface area contributed by atoms with E-state index in [1.165, 1.54) is 11.3 Å². The van der Waals surface area contributed by atoms with Gasteiger partial charge in [-0.05, 0) is 41.6 Å². The highest BCUT2D eigenvalue weighted by Gasteiger charge is 2.11. The largest absolute Gasteiger partial charge is 0.326 e. The smallest absolute Gasteiger partial charge is 0.274 e. The van der Waals surface area contributed by atoms with Crippen LogP contribution in [0.5, 0.6) is 0 Å². The molecule has 2 N–H and O–H groups in total. The van der Waals surface area contributed by atoms with Crippen LogP contribution in [-0.2, 0) is 11.2 Å². The van der Waals surface area contributed by atoms with Crippen molar-refractivity contribution < 1.29 is 9.59 Å². The summed E-state index contributed by atoms with van der Waals surface area (Å²) in [5.41, 5.74) is 1.81. The second kappa shape index (κ2) is 7.60. The molecule has 1 aromatic heterocycles. The number of hydrogen-bond donors (Lipinski definition) is 2. The maximum absolute atomic E-state index is 12.1. The fourth-order valence-corrected chi connectivity index (χ4v) is 3.41. The average Bonchev–Trinajstić information content (AvgIpc) is 3.04. The van der Waals surface area contributed by atoms with Gasteiger partial charge in [0.2, 0.25) is 5.91 Å². The Hall–Kier alpha value is -3.17. The van der Waals surface area contributed by atoms with Gasteiger partial charge < -0.3 is 5.32 Å². The van der Waals surface area contributed by atoms with Crippen molar-refractivity contribution in [2.24, 2.45) is 0 Å². The number of thiophene rings is 1. The molecular formula is C19H15N3O2S. The fourth-order valence-electron chi connectivity index (χ4n) is 2.47. The molecule has 6 heteroatoms. The van der Waals surface area contributed by atoms with Gasteiger partial charge in [-0.25, -0.2) is 0 Å². The predicted molar refractivity (Wildman–Crippen MR) is 98.3 cm³/mol. The second-order valence-electron chi connectivity index (χ2n) is 5.46. The van der Waals surface area contributed by atoms with Gasteiger partial charge in [-0.1, -0.05) is 30.3 Å². The standard InChI is InChI=1S/C19H15N3O2S/c20-12-21-19(24)17-11-14-10-15(7-8-16(14)25-17)22-18(23)9-6-13-4-2-1-3-5-13/h1-5,7-8,10-11H,6,9H2,(H,21,24)(H,22,23). The summed E-state index contributed by atoms with van der Waals surface area (Å²) in [6.07, 6.45) is 2.72. The number of anilines is 1. The van der Waals surface area contributed by atoms with Gasteiger partial charge in [-0.15, -0.1) is 11.3 Å². The lowest BCUT2D eigenvalue weighted by atomic mass is 10.1. The number of carbonyl (C=O) groups is 2. The number of carbonyl (C=O) groups excluding carboxylic acids is 2. The molecule has 3 rings (SSSR count). The van der Waals surface area contributed by atoms with E-state index in [1.54, 1.807) is 12.3 Å². The second-order valence-corrected chi connectivity index (χ2v) is 6.55. The molecule has 0 unspecified atom stereocenters. The molecule has 5 nitrogen and oxygen atoms in total. The van der Waals surface area contributed by atoms with E-state index >= 15 is 0 Å². The quantitative estimate of drug-likeness (QED) is 0.544. The number of nitriles is 1. The van der Waals surface area contributed by atoms with E-state index in [1.807, 2.05) is 48.5 Å². The van der Waals surface area contributed by atoms with Crippen molar-refractivity contribution in [2.45, 2.75) is 12.8 Å². The van der Waals surface area contributed by atoms with Crippen LogP contribution < -0.4 is 10.6 Å². The first-order valence-electron chi connectivity index (χ1n) is 7.72. The molecule has 0 aliphatic rings. The van der Waals surface area contributed by atoms with Crippen LogP contribution in [0.15, 0.2) is 54.6 Å². The molecule has 0 saturated carbocycles. The Balaban J connectivity index is 1.66. The number of benzene rings is 2. The third-order valence-electron chi connectivity index (χ3n) is 3.68. The van der Waals surface area contributed by atoms with E-state index in [2.05, 4.69) is 10.6 Å². The summed E-state index contributed by atoms with van der Waals surface area (Å²) < 4.78 is 0.922. The Morgan fingerprint density at radius 3 is 2.64 bits per heavy atom. The molecule has 25 heavy (non-hydrogen) atoms. The van der Waals surface area contributed by atoms with Crippen molar-refractivity contribution in [1.29, 1.82) is 5.26 Å². The van der Waals surface area contributed by atoms with Gasteiger partial charge in [0.05, 0.1) is 4.88 Å². The molecular weight excluding hydrogens is 334 g/mol. The summed E-state index contributed by atoms with van der Waals surface area (Å²) in [6, 6.07) is 17.1. The van der Waals surface area contributed by atoms with Gasteiger partial charge in [0.25, 0.3) is 5.91 Å². The van der Waals surface area contributed by atoms with E-state index in [9.17, 15) is 9.59 Å². The summed E-state index contributed by atoms with van der Waals surface area (Å²) in [7, 11) is 0. The van der Waals surface area contributed by atoms with Crippen LogP contribution in [0.3, 0.4) is 0 Å². The molecule has 0 fully saturated rings. The minimum atomic E-state index is -0.419. The lowest BCUT2D eigenvalue weighted by Crippen LogP contribution is -2.15. The molecule has 0 saturated heterocycles. The van der Waals surface area contributed by atoms with Crippen molar-refractivity contribution in [3.8, 4) is 6.19 Å². The Kier molecular flexibility index (Phi) is 5.07. The zero-order chi connectivity index (χ0) is 17.6. The summed E-state index contributed by atoms with van der Waals surface area (Å²) in [5.74, 6) is -0.474. The van der Waals surface area contributed by atoms with Crippen LogP contribution in [-0.4, -0.2) is 11.8 Å². The maximum atomic E-state index is 12.1. The molecule has 1 heterocycles. The maximum Gasteiger partial charge on any atom is 0.274 e. The zero-order valence-electron chi connectivity index (χ0n) is 13.3. The van der Waals surface area contributed by atoms with Gasteiger partial charge in [-0.3, -0.25) is 14.9 Å². The first-order valence-corrected chi connectivity index (χ1v) is 8.54. The van der Waals surface area contributed by atoms with Gasteiger partial charge in [-0.2, -0.15) is 5.26 Å². The van der Waals surface area contributed by atoms with Crippen LogP contribution in [0.1, 0.15) is 21.7 Å². The molecule has 0 atom stereocenters. The SMILES string of the molecule is N#CNC(=O)c1cc2cc(NC(=O)CCc3ccccc3)ccc2s1. The van der Waals surface area contributed by atoms with Gasteiger partial charge in [0, 0.05) is 16.8 Å². The Morgan fingerprint density at radius 2 is 1.88 bits per heavy atom. The monoisotopic (exact) mass is 349 g/mol. The molecule has 0 radical (unpaired) electrons. The zero-order valence-corrected chi connectivity index (χ0v) is 14.1. The summed E-state index contributed by atoms with van der Waals surface area (Å²) >= 11 is 1.30. The van der Waals surface area contributed by atoms with Crippen molar-refractivity contribution in [3.63, 3.8) is 0 Å². The van der Waals surface area contributed by atoms with E-state index in [-0.39, 0.29) is 5.91 Å². The van der Waals surface area contributed by atoms with Gasteiger partial charge >= 0.3 is 0 Å². The van der Waals surface area contributed by atoms with Crippen LogP contribution in [0.2, 0.25) is 0 Å². The third-order valence-corrected chi connectivity index (χ3v) is 4.79. The highest BCUT2D eigenvalue weighted by atomic mass is 32.1. The van der Waals surface area contributed by atoms with Crippen molar-refractivity contribution >= 4 is 38.9 Å². The lowest BCUT2D eigenvalue weighted by Gasteiger charge is -2.05. The molecule has 2 amide bonds. The third kappa shape index (κ3) is 4.22. The molecule has 3 aromatic rings. The molecule has 0 bridgehead atoms. The first-order chi connectivity index (χ1) is 12.2.